The maximum absolute atomic E-state index is 14.0. The number of rotatable bonds is 6. The quantitative estimate of drug-likeness (QED) is 0.671. The van der Waals surface area contributed by atoms with Gasteiger partial charge in [0.05, 0.1) is 30.8 Å². The van der Waals surface area contributed by atoms with Crippen molar-refractivity contribution in [2.45, 2.75) is 18.9 Å². The number of halogens is 2. The molecule has 0 saturated carbocycles. The molecule has 0 unspecified atom stereocenters. The molecule has 10 heteroatoms. The molecule has 1 fully saturated rings. The summed E-state index contributed by atoms with van der Waals surface area (Å²) in [5, 5.41) is 9.56. The van der Waals surface area contributed by atoms with E-state index < -0.39 is 5.82 Å². The molecule has 1 saturated heterocycles. The lowest BCUT2D eigenvalue weighted by atomic mass is 10.1. The molecule has 32 heavy (non-hydrogen) atoms. The molecule has 0 radical (unpaired) electrons. The molecule has 0 bridgehead atoms. The van der Waals surface area contributed by atoms with Gasteiger partial charge in [0.15, 0.2) is 6.20 Å². The summed E-state index contributed by atoms with van der Waals surface area (Å²) in [7, 11) is 0. The van der Waals surface area contributed by atoms with Crippen LogP contribution in [0.5, 0.6) is 5.75 Å². The molecule has 0 spiro atoms. The maximum atomic E-state index is 14.0. The number of likely N-dealkylation sites (tertiary alicyclic amines) is 1. The van der Waals surface area contributed by atoms with Gasteiger partial charge in [0.25, 0.3) is 5.91 Å². The van der Waals surface area contributed by atoms with Crippen LogP contribution in [0.1, 0.15) is 29.0 Å². The van der Waals surface area contributed by atoms with Crippen LogP contribution in [0, 0.1) is 5.82 Å². The van der Waals surface area contributed by atoms with Gasteiger partial charge in [0.1, 0.15) is 28.9 Å². The lowest BCUT2D eigenvalue weighted by Gasteiger charge is -2.32. The Kier molecular flexibility index (Phi) is 6.88. The summed E-state index contributed by atoms with van der Waals surface area (Å²) < 4.78 is 20.1. The zero-order valence-corrected chi connectivity index (χ0v) is 18.3. The van der Waals surface area contributed by atoms with Crippen molar-refractivity contribution in [2.24, 2.45) is 5.73 Å². The molecule has 2 aliphatic rings. The minimum absolute atomic E-state index is 0.117. The van der Waals surface area contributed by atoms with E-state index >= 15 is 0 Å². The number of nitrogens with one attached hydrogen (secondary N) is 1. The van der Waals surface area contributed by atoms with Crippen molar-refractivity contribution < 1.29 is 24.0 Å². The molecule has 0 aliphatic carbocycles. The summed E-state index contributed by atoms with van der Waals surface area (Å²) in [4.78, 5) is 24.2. The number of aromatic nitrogens is 2. The largest absolute Gasteiger partial charge is 0.489 e. The second kappa shape index (κ2) is 9.81. The number of nitrogens with zero attached hydrogens (tertiary/aromatic N) is 3. The van der Waals surface area contributed by atoms with E-state index in [1.165, 1.54) is 24.4 Å². The maximum Gasteiger partial charge on any atom is 0.327 e. The molecule has 8 nitrogen and oxygen atoms in total. The number of β-amino-alcohol motifs (C(OH)–C–C–N with tert-alkyl or cyclic N) is 1. The zero-order chi connectivity index (χ0) is 22.7. The highest BCUT2D eigenvalue weighted by atomic mass is 35.5. The summed E-state index contributed by atoms with van der Waals surface area (Å²) in [6.45, 7) is 2.82. The molecule has 2 aliphatic heterocycles. The number of piperidine rings is 1. The van der Waals surface area contributed by atoms with Crippen LogP contribution in [0.25, 0.3) is 5.57 Å². The topological polar surface area (TPSA) is 106 Å². The average Bonchev–Trinajstić information content (AvgIpc) is 3.17. The third-order valence-electron chi connectivity index (χ3n) is 5.75. The fourth-order valence-corrected chi connectivity index (χ4v) is 4.14. The SMILES string of the molecule is NC1=C(c2ncc(Cl)c[nH+]2)CN(C(=O)c2ccc(F)cc2OC2CCN(CCO)CC2)C1. The Bertz CT molecular complexity index is 1010. The highest BCUT2D eigenvalue weighted by Crippen LogP contribution is 2.28. The van der Waals surface area contributed by atoms with Crippen molar-refractivity contribution >= 4 is 23.1 Å². The number of benzene rings is 1. The van der Waals surface area contributed by atoms with E-state index in [2.05, 4.69) is 14.9 Å². The van der Waals surface area contributed by atoms with Crippen molar-refractivity contribution in [3.63, 3.8) is 0 Å². The molecule has 4 N–H and O–H groups in total. The summed E-state index contributed by atoms with van der Waals surface area (Å²) in [6, 6.07) is 3.97. The van der Waals surface area contributed by atoms with Crippen molar-refractivity contribution in [3.05, 3.63) is 58.5 Å². The van der Waals surface area contributed by atoms with E-state index in [0.29, 0.717) is 28.7 Å². The second-order valence-electron chi connectivity index (χ2n) is 7.97. The van der Waals surface area contributed by atoms with E-state index in [9.17, 15) is 9.18 Å². The number of aliphatic hydroxyl groups excluding tert-OH is 1. The van der Waals surface area contributed by atoms with Crippen molar-refractivity contribution in [2.75, 3.05) is 39.3 Å². The first-order valence-electron chi connectivity index (χ1n) is 10.5. The summed E-state index contributed by atoms with van der Waals surface area (Å²) >= 11 is 5.88. The summed E-state index contributed by atoms with van der Waals surface area (Å²) in [6.07, 6.45) is 4.47. The number of carbonyl (C=O) groups is 1. The number of aromatic amines is 1. The molecule has 4 rings (SSSR count). The van der Waals surface area contributed by atoms with Gasteiger partial charge >= 0.3 is 5.82 Å². The number of hydrogen-bond donors (Lipinski definition) is 2. The minimum atomic E-state index is -0.464. The van der Waals surface area contributed by atoms with Gasteiger partial charge in [-0.1, -0.05) is 11.6 Å². The first-order valence-corrected chi connectivity index (χ1v) is 10.9. The highest BCUT2D eigenvalue weighted by Gasteiger charge is 2.32. The van der Waals surface area contributed by atoms with Crippen LogP contribution >= 0.6 is 11.6 Å². The number of ether oxygens (including phenoxy) is 1. The van der Waals surface area contributed by atoms with Crippen LogP contribution in [0.4, 0.5) is 4.39 Å². The standard InChI is InChI=1S/C22H25ClFN5O3/c23-14-10-26-21(27-11-14)18-12-29(13-19(18)25)22(31)17-2-1-15(24)9-20(17)32-16-3-5-28(6-4-16)7-8-30/h1-2,9-11,16,30H,3-8,12-13,25H2/p+1. The lowest BCUT2D eigenvalue weighted by Crippen LogP contribution is -2.39. The Hall–Kier alpha value is -2.75. The molecular formula is C22H26ClFN5O3+. The third-order valence-corrected chi connectivity index (χ3v) is 5.96. The normalized spacial score (nSPS) is 17.8. The first-order chi connectivity index (χ1) is 15.4. The molecule has 3 heterocycles. The predicted molar refractivity (Wildman–Crippen MR) is 116 cm³/mol. The molecular weight excluding hydrogens is 437 g/mol. The number of amides is 1. The third kappa shape index (κ3) is 5.01. The van der Waals surface area contributed by atoms with Crippen molar-refractivity contribution in [1.29, 1.82) is 0 Å². The van der Waals surface area contributed by atoms with Gasteiger partial charge in [-0.15, -0.1) is 0 Å². The highest BCUT2D eigenvalue weighted by molar-refractivity contribution is 6.30. The number of nitrogens with two attached hydrogens (primary N) is 1. The Morgan fingerprint density at radius 1 is 1.34 bits per heavy atom. The van der Waals surface area contributed by atoms with Crippen molar-refractivity contribution in [3.8, 4) is 5.75 Å². The number of aliphatic hydroxyl groups is 1. The molecule has 2 aromatic rings. The Balaban J connectivity index is 1.47. The monoisotopic (exact) mass is 462 g/mol. The lowest BCUT2D eigenvalue weighted by molar-refractivity contribution is -0.386. The van der Waals surface area contributed by atoms with E-state index in [-0.39, 0.29) is 37.5 Å². The molecule has 1 aromatic carbocycles. The van der Waals surface area contributed by atoms with Crippen LogP contribution < -0.4 is 15.5 Å². The summed E-state index contributed by atoms with van der Waals surface area (Å²) in [5.41, 5.74) is 7.73. The fraction of sp³-hybridized carbons (Fsp3) is 0.409. The molecule has 1 amide bonds. The van der Waals surface area contributed by atoms with Crippen LogP contribution in [0.3, 0.4) is 0 Å². The smallest absolute Gasteiger partial charge is 0.327 e. The Morgan fingerprint density at radius 3 is 2.81 bits per heavy atom. The van der Waals surface area contributed by atoms with E-state index in [1.807, 2.05) is 0 Å². The Morgan fingerprint density at radius 2 is 2.12 bits per heavy atom. The van der Waals surface area contributed by atoms with Crippen LogP contribution in [0.15, 0.2) is 36.3 Å². The number of H-pyrrole nitrogens is 1. The van der Waals surface area contributed by atoms with Crippen LogP contribution in [-0.4, -0.2) is 71.2 Å². The molecule has 0 atom stereocenters. The second-order valence-corrected chi connectivity index (χ2v) is 8.40. The van der Waals surface area contributed by atoms with E-state index in [0.717, 1.165) is 31.5 Å². The summed E-state index contributed by atoms with van der Waals surface area (Å²) in [5.74, 6) is 0.0323. The van der Waals surface area contributed by atoms with E-state index in [4.69, 9.17) is 27.2 Å². The fourth-order valence-electron chi connectivity index (χ4n) is 4.04. The zero-order valence-electron chi connectivity index (χ0n) is 17.6. The van der Waals surface area contributed by atoms with Gasteiger partial charge in [-0.3, -0.25) is 4.79 Å². The average molecular weight is 463 g/mol. The van der Waals surface area contributed by atoms with Gasteiger partial charge < -0.3 is 25.4 Å². The predicted octanol–water partition coefficient (Wildman–Crippen LogP) is 1.35. The van der Waals surface area contributed by atoms with Gasteiger partial charge in [-0.2, -0.15) is 0 Å². The minimum Gasteiger partial charge on any atom is -0.489 e. The van der Waals surface area contributed by atoms with Gasteiger partial charge in [-0.05, 0) is 30.0 Å². The van der Waals surface area contributed by atoms with E-state index in [1.54, 1.807) is 11.1 Å². The molecule has 170 valence electrons. The van der Waals surface area contributed by atoms with Crippen LogP contribution in [-0.2, 0) is 0 Å². The number of hydrogen-bond acceptors (Lipinski definition) is 6. The van der Waals surface area contributed by atoms with Crippen molar-refractivity contribution in [1.82, 2.24) is 14.8 Å². The van der Waals surface area contributed by atoms with Gasteiger partial charge in [-0.25, -0.2) is 9.37 Å². The van der Waals surface area contributed by atoms with Crippen LogP contribution in [0.2, 0.25) is 5.02 Å². The first kappa shape index (κ1) is 22.4. The molecule has 1 aromatic heterocycles. The van der Waals surface area contributed by atoms with Gasteiger partial charge in [0, 0.05) is 31.4 Å². The van der Waals surface area contributed by atoms with Gasteiger partial charge in [0.2, 0.25) is 0 Å². The Labute approximate surface area is 190 Å². The number of carbonyl (C=O) groups excluding carboxylic acids is 1.